The van der Waals surface area contributed by atoms with E-state index < -0.39 is 0 Å². The molecule has 0 bridgehead atoms. The maximum Gasteiger partial charge on any atom is 0.230 e. The number of aromatic nitrogens is 3. The Morgan fingerprint density at radius 1 is 1.33 bits per heavy atom. The molecule has 0 saturated heterocycles. The zero-order valence-electron chi connectivity index (χ0n) is 10.6. The van der Waals surface area contributed by atoms with Gasteiger partial charge in [-0.2, -0.15) is 15.0 Å². The van der Waals surface area contributed by atoms with Gasteiger partial charge < -0.3 is 15.3 Å². The molecule has 1 aliphatic carbocycles. The Bertz CT molecular complexity index is 414. The first-order valence-corrected chi connectivity index (χ1v) is 6.44. The predicted molar refractivity (Wildman–Crippen MR) is 71.0 cm³/mol. The molecule has 0 aliphatic heterocycles. The summed E-state index contributed by atoms with van der Waals surface area (Å²) in [6.07, 6.45) is 3.17. The summed E-state index contributed by atoms with van der Waals surface area (Å²) in [5.41, 5.74) is 0. The van der Waals surface area contributed by atoms with Crippen molar-refractivity contribution in [3.63, 3.8) is 0 Å². The highest BCUT2D eigenvalue weighted by molar-refractivity contribution is 6.28. The average Bonchev–Trinajstić information content (AvgIpc) is 2.75. The SMILES string of the molecule is CN(C)c1nc(Cl)nc(NC2CCCC2CO)n1. The Balaban J connectivity index is 2.13. The van der Waals surface area contributed by atoms with Crippen molar-refractivity contribution in [2.45, 2.75) is 25.3 Å². The number of hydrogen-bond acceptors (Lipinski definition) is 6. The van der Waals surface area contributed by atoms with Gasteiger partial charge in [-0.15, -0.1) is 0 Å². The lowest BCUT2D eigenvalue weighted by atomic mass is 10.1. The number of anilines is 2. The van der Waals surface area contributed by atoms with Gasteiger partial charge in [0, 0.05) is 32.7 Å². The predicted octanol–water partition coefficient (Wildman–Crippen LogP) is 1.16. The van der Waals surface area contributed by atoms with Gasteiger partial charge in [-0.3, -0.25) is 0 Å². The van der Waals surface area contributed by atoms with Crippen LogP contribution in [0.1, 0.15) is 19.3 Å². The van der Waals surface area contributed by atoms with E-state index in [9.17, 15) is 5.11 Å². The quantitative estimate of drug-likeness (QED) is 0.856. The first kappa shape index (κ1) is 13.3. The van der Waals surface area contributed by atoms with Crippen LogP contribution in [0, 0.1) is 5.92 Å². The van der Waals surface area contributed by atoms with Crippen molar-refractivity contribution < 1.29 is 5.11 Å². The molecule has 18 heavy (non-hydrogen) atoms. The van der Waals surface area contributed by atoms with Crippen LogP contribution in [0.3, 0.4) is 0 Å². The van der Waals surface area contributed by atoms with Crippen LogP contribution in [0.4, 0.5) is 11.9 Å². The molecule has 1 fully saturated rings. The van der Waals surface area contributed by atoms with E-state index in [4.69, 9.17) is 11.6 Å². The fourth-order valence-corrected chi connectivity index (χ4v) is 2.37. The lowest BCUT2D eigenvalue weighted by Crippen LogP contribution is -2.28. The Labute approximate surface area is 111 Å². The van der Waals surface area contributed by atoms with Crippen LogP contribution >= 0.6 is 11.6 Å². The minimum Gasteiger partial charge on any atom is -0.396 e. The fourth-order valence-electron chi connectivity index (χ4n) is 2.22. The third-order valence-electron chi connectivity index (χ3n) is 3.20. The Morgan fingerprint density at radius 3 is 2.78 bits per heavy atom. The highest BCUT2D eigenvalue weighted by Crippen LogP contribution is 2.27. The molecule has 2 atom stereocenters. The lowest BCUT2D eigenvalue weighted by molar-refractivity contribution is 0.222. The molecule has 7 heteroatoms. The van der Waals surface area contributed by atoms with Gasteiger partial charge in [0.2, 0.25) is 17.2 Å². The van der Waals surface area contributed by atoms with Gasteiger partial charge in [0.15, 0.2) is 0 Å². The van der Waals surface area contributed by atoms with E-state index in [0.29, 0.717) is 11.9 Å². The number of nitrogens with zero attached hydrogens (tertiary/aromatic N) is 4. The van der Waals surface area contributed by atoms with Crippen molar-refractivity contribution in [1.82, 2.24) is 15.0 Å². The Kier molecular flexibility index (Phi) is 4.19. The zero-order chi connectivity index (χ0) is 13.1. The van der Waals surface area contributed by atoms with E-state index in [0.717, 1.165) is 19.3 Å². The van der Waals surface area contributed by atoms with Gasteiger partial charge >= 0.3 is 0 Å². The summed E-state index contributed by atoms with van der Waals surface area (Å²) in [6, 6.07) is 0.212. The van der Waals surface area contributed by atoms with E-state index in [1.54, 1.807) is 4.90 Å². The Hall–Kier alpha value is -1.14. The van der Waals surface area contributed by atoms with Gasteiger partial charge in [0.1, 0.15) is 0 Å². The van der Waals surface area contributed by atoms with E-state index in [2.05, 4.69) is 20.3 Å². The zero-order valence-corrected chi connectivity index (χ0v) is 11.4. The molecule has 2 rings (SSSR count). The fraction of sp³-hybridized carbons (Fsp3) is 0.727. The van der Waals surface area contributed by atoms with Gasteiger partial charge in [-0.05, 0) is 24.4 Å². The minimum atomic E-state index is 0.176. The molecular weight excluding hydrogens is 254 g/mol. The number of nitrogens with one attached hydrogen (secondary N) is 1. The summed E-state index contributed by atoms with van der Waals surface area (Å²) in [7, 11) is 3.70. The van der Waals surface area contributed by atoms with Crippen molar-refractivity contribution >= 4 is 23.5 Å². The Morgan fingerprint density at radius 2 is 2.11 bits per heavy atom. The van der Waals surface area contributed by atoms with Crippen molar-refractivity contribution in [2.75, 3.05) is 30.9 Å². The molecule has 0 amide bonds. The number of aliphatic hydroxyl groups is 1. The second kappa shape index (κ2) is 5.67. The maximum absolute atomic E-state index is 9.28. The first-order chi connectivity index (χ1) is 8.60. The smallest absolute Gasteiger partial charge is 0.230 e. The van der Waals surface area contributed by atoms with Gasteiger partial charge in [0.25, 0.3) is 0 Å². The van der Waals surface area contributed by atoms with Crippen LogP contribution in [0.2, 0.25) is 5.28 Å². The number of rotatable bonds is 4. The van der Waals surface area contributed by atoms with Gasteiger partial charge in [-0.25, -0.2) is 0 Å². The summed E-state index contributed by atoms with van der Waals surface area (Å²) < 4.78 is 0. The number of hydrogen-bond donors (Lipinski definition) is 2. The molecular formula is C11H18ClN5O. The van der Waals surface area contributed by atoms with E-state index >= 15 is 0 Å². The van der Waals surface area contributed by atoms with Crippen molar-refractivity contribution in [3.8, 4) is 0 Å². The normalized spacial score (nSPS) is 23.1. The van der Waals surface area contributed by atoms with Crippen molar-refractivity contribution in [2.24, 2.45) is 5.92 Å². The molecule has 1 aromatic heterocycles. The molecule has 1 heterocycles. The molecule has 2 N–H and O–H groups in total. The van der Waals surface area contributed by atoms with Crippen LogP contribution in [0.15, 0.2) is 0 Å². The molecule has 1 saturated carbocycles. The molecule has 0 aromatic carbocycles. The monoisotopic (exact) mass is 271 g/mol. The summed E-state index contributed by atoms with van der Waals surface area (Å²) in [4.78, 5) is 14.2. The summed E-state index contributed by atoms with van der Waals surface area (Å²) in [5, 5.41) is 12.7. The lowest BCUT2D eigenvalue weighted by Gasteiger charge is -2.19. The van der Waals surface area contributed by atoms with Crippen molar-refractivity contribution in [1.29, 1.82) is 0 Å². The van der Waals surface area contributed by atoms with E-state index in [-0.39, 0.29) is 23.9 Å². The summed E-state index contributed by atoms with van der Waals surface area (Å²) >= 11 is 5.87. The van der Waals surface area contributed by atoms with Gasteiger partial charge in [-0.1, -0.05) is 6.42 Å². The second-order valence-electron chi connectivity index (χ2n) is 4.75. The van der Waals surface area contributed by atoms with Crippen molar-refractivity contribution in [3.05, 3.63) is 5.28 Å². The van der Waals surface area contributed by atoms with Gasteiger partial charge in [0.05, 0.1) is 0 Å². The molecule has 0 spiro atoms. The molecule has 2 unspecified atom stereocenters. The second-order valence-corrected chi connectivity index (χ2v) is 5.08. The highest BCUT2D eigenvalue weighted by atomic mass is 35.5. The summed E-state index contributed by atoms with van der Waals surface area (Å²) in [5.74, 6) is 1.27. The standard InChI is InChI=1S/C11H18ClN5O/c1-17(2)11-15-9(12)14-10(16-11)13-8-5-3-4-7(8)6-18/h7-8,18H,3-6H2,1-2H3,(H,13,14,15,16). The molecule has 1 aromatic rings. The van der Waals surface area contributed by atoms with Crippen LogP contribution < -0.4 is 10.2 Å². The minimum absolute atomic E-state index is 0.176. The maximum atomic E-state index is 9.28. The highest BCUT2D eigenvalue weighted by Gasteiger charge is 2.27. The molecule has 0 radical (unpaired) electrons. The van der Waals surface area contributed by atoms with E-state index in [1.165, 1.54) is 0 Å². The molecule has 6 nitrogen and oxygen atoms in total. The third kappa shape index (κ3) is 3.00. The van der Waals surface area contributed by atoms with E-state index in [1.807, 2.05) is 14.1 Å². The third-order valence-corrected chi connectivity index (χ3v) is 3.37. The largest absolute Gasteiger partial charge is 0.396 e. The number of aliphatic hydroxyl groups excluding tert-OH is 1. The summed E-state index contributed by atoms with van der Waals surface area (Å²) in [6.45, 7) is 0.191. The average molecular weight is 272 g/mol. The van der Waals surface area contributed by atoms with Crippen LogP contribution in [0.25, 0.3) is 0 Å². The topological polar surface area (TPSA) is 74.2 Å². The number of halogens is 1. The van der Waals surface area contributed by atoms with Crippen LogP contribution in [-0.2, 0) is 0 Å². The first-order valence-electron chi connectivity index (χ1n) is 6.06. The molecule has 1 aliphatic rings. The van der Waals surface area contributed by atoms with Crippen LogP contribution in [-0.4, -0.2) is 46.8 Å². The molecule has 100 valence electrons. The van der Waals surface area contributed by atoms with Crippen LogP contribution in [0.5, 0.6) is 0 Å².